The summed E-state index contributed by atoms with van der Waals surface area (Å²) in [7, 11) is -1.10. The van der Waals surface area contributed by atoms with E-state index in [1.807, 2.05) is 0 Å². The molecule has 0 aromatic rings. The van der Waals surface area contributed by atoms with Gasteiger partial charge in [-0.3, -0.25) is 0 Å². The quantitative estimate of drug-likeness (QED) is 0.568. The monoisotopic (exact) mass is 330 g/mol. The highest BCUT2D eigenvalue weighted by molar-refractivity contribution is 6.76. The molecule has 22 heavy (non-hydrogen) atoms. The number of amides is 1. The Morgan fingerprint density at radius 2 is 1.95 bits per heavy atom. The predicted octanol–water partition coefficient (Wildman–Crippen LogP) is 2.71. The summed E-state index contributed by atoms with van der Waals surface area (Å²) in [4.78, 5) is 10.7. The Kier molecular flexibility index (Phi) is 8.42. The average Bonchev–Trinajstić information content (AvgIpc) is 2.44. The van der Waals surface area contributed by atoms with Crippen LogP contribution in [-0.2, 0) is 4.74 Å². The van der Waals surface area contributed by atoms with E-state index in [-0.39, 0.29) is 18.8 Å². The Labute approximate surface area is 136 Å². The van der Waals surface area contributed by atoms with Crippen molar-refractivity contribution in [3.05, 3.63) is 0 Å². The lowest BCUT2D eigenvalue weighted by molar-refractivity contribution is 0.0401. The van der Waals surface area contributed by atoms with E-state index >= 15 is 0 Å². The normalized spacial score (nSPS) is 19.6. The summed E-state index contributed by atoms with van der Waals surface area (Å²) in [5, 5.41) is 14.2. The lowest BCUT2D eigenvalue weighted by Gasteiger charge is -2.33. The molecule has 1 rings (SSSR count). The van der Waals surface area contributed by atoms with Crippen LogP contribution in [0.25, 0.3) is 0 Å². The number of hydrogen-bond acceptors (Lipinski definition) is 4. The molecule has 0 aromatic carbocycles. The first-order valence-corrected chi connectivity index (χ1v) is 12.3. The summed E-state index contributed by atoms with van der Waals surface area (Å²) >= 11 is 0. The molecule has 2 atom stereocenters. The van der Waals surface area contributed by atoms with E-state index in [1.54, 1.807) is 0 Å². The summed E-state index contributed by atoms with van der Waals surface area (Å²) < 4.78 is 4.85. The molecule has 0 heterocycles. The standard InChI is InChI=1S/C16H34N2O3Si/c1-22(2,3)12-10-18-14(9-11-21-16(17)20)15(19)13-7-5-4-6-8-13/h13-15,18-19H,4-12H2,1-3H3,(H2,17,20)/t14-,15-/m1/s1. The zero-order chi connectivity index (χ0) is 16.6. The van der Waals surface area contributed by atoms with E-state index in [0.717, 1.165) is 19.4 Å². The number of carbonyl (C=O) groups is 1. The second-order valence-corrected chi connectivity index (χ2v) is 13.3. The second kappa shape index (κ2) is 9.52. The molecule has 0 spiro atoms. The Morgan fingerprint density at radius 1 is 1.32 bits per heavy atom. The van der Waals surface area contributed by atoms with Crippen LogP contribution in [0.4, 0.5) is 4.79 Å². The van der Waals surface area contributed by atoms with Gasteiger partial charge in [-0.25, -0.2) is 4.79 Å². The number of carbonyl (C=O) groups excluding carboxylic acids is 1. The smallest absolute Gasteiger partial charge is 0.404 e. The first kappa shape index (κ1) is 19.5. The third-order valence-electron chi connectivity index (χ3n) is 4.50. The minimum Gasteiger partial charge on any atom is -0.450 e. The number of hydrogen-bond donors (Lipinski definition) is 3. The van der Waals surface area contributed by atoms with Crippen molar-refractivity contribution in [2.45, 2.75) is 76.4 Å². The highest BCUT2D eigenvalue weighted by atomic mass is 28.3. The SMILES string of the molecule is C[Si](C)(C)CCN[C@H](CCOC(N)=O)[C@H](O)C1CCCCC1. The number of nitrogens with one attached hydrogen (secondary N) is 1. The first-order chi connectivity index (χ1) is 10.3. The van der Waals surface area contributed by atoms with Crippen LogP contribution in [0.2, 0.25) is 25.7 Å². The van der Waals surface area contributed by atoms with Crippen LogP contribution in [-0.4, -0.2) is 44.6 Å². The van der Waals surface area contributed by atoms with Gasteiger partial charge in [0.25, 0.3) is 0 Å². The summed E-state index contributed by atoms with van der Waals surface area (Å²) in [5.74, 6) is 0.367. The van der Waals surface area contributed by atoms with E-state index in [0.29, 0.717) is 12.3 Å². The summed E-state index contributed by atoms with van der Waals surface area (Å²) in [6.45, 7) is 8.22. The summed E-state index contributed by atoms with van der Waals surface area (Å²) in [6.07, 6.45) is 5.41. The zero-order valence-electron chi connectivity index (χ0n) is 14.4. The van der Waals surface area contributed by atoms with Gasteiger partial charge in [0.15, 0.2) is 0 Å². The minimum atomic E-state index is -1.10. The van der Waals surface area contributed by atoms with Crippen molar-refractivity contribution in [2.75, 3.05) is 13.2 Å². The fourth-order valence-electron chi connectivity index (χ4n) is 3.12. The Bertz CT molecular complexity index is 328. The third kappa shape index (κ3) is 8.15. The van der Waals surface area contributed by atoms with E-state index in [1.165, 1.54) is 25.3 Å². The summed E-state index contributed by atoms with van der Waals surface area (Å²) in [5.41, 5.74) is 5.02. The molecular formula is C16H34N2O3Si. The molecule has 6 heteroatoms. The van der Waals surface area contributed by atoms with E-state index in [9.17, 15) is 9.90 Å². The molecule has 0 aromatic heterocycles. The number of aliphatic hydroxyl groups is 1. The number of primary amides is 1. The first-order valence-electron chi connectivity index (χ1n) is 8.63. The Morgan fingerprint density at radius 3 is 2.50 bits per heavy atom. The van der Waals surface area contributed by atoms with Gasteiger partial charge in [0.05, 0.1) is 12.7 Å². The zero-order valence-corrected chi connectivity index (χ0v) is 15.4. The van der Waals surface area contributed by atoms with Gasteiger partial charge < -0.3 is 20.9 Å². The molecule has 1 aliphatic carbocycles. The van der Waals surface area contributed by atoms with Crippen molar-refractivity contribution in [3.63, 3.8) is 0 Å². The van der Waals surface area contributed by atoms with Crippen molar-refractivity contribution in [3.8, 4) is 0 Å². The van der Waals surface area contributed by atoms with Gasteiger partial charge in [-0.05, 0) is 37.8 Å². The fraction of sp³-hybridized carbons (Fsp3) is 0.938. The summed E-state index contributed by atoms with van der Waals surface area (Å²) in [6, 6.07) is 1.16. The number of ether oxygens (including phenoxy) is 1. The lowest BCUT2D eigenvalue weighted by Crippen LogP contribution is -2.46. The molecule has 130 valence electrons. The van der Waals surface area contributed by atoms with Gasteiger partial charge in [-0.1, -0.05) is 38.9 Å². The van der Waals surface area contributed by atoms with E-state index in [4.69, 9.17) is 10.5 Å². The molecule has 0 aliphatic heterocycles. The van der Waals surface area contributed by atoms with Gasteiger partial charge in [0.2, 0.25) is 0 Å². The largest absolute Gasteiger partial charge is 0.450 e. The van der Waals surface area contributed by atoms with Crippen molar-refractivity contribution in [1.29, 1.82) is 0 Å². The van der Waals surface area contributed by atoms with E-state index in [2.05, 4.69) is 25.0 Å². The molecule has 4 N–H and O–H groups in total. The minimum absolute atomic E-state index is 0.0150. The van der Waals surface area contributed by atoms with Crippen LogP contribution in [0.1, 0.15) is 38.5 Å². The maximum absolute atomic E-state index is 10.7. The van der Waals surface area contributed by atoms with Gasteiger partial charge >= 0.3 is 6.09 Å². The van der Waals surface area contributed by atoms with E-state index < -0.39 is 14.2 Å². The van der Waals surface area contributed by atoms with Crippen LogP contribution < -0.4 is 11.1 Å². The molecule has 1 saturated carbocycles. The molecule has 1 fully saturated rings. The predicted molar refractivity (Wildman–Crippen MR) is 92.7 cm³/mol. The number of nitrogens with two attached hydrogens (primary N) is 1. The van der Waals surface area contributed by atoms with Gasteiger partial charge in [-0.2, -0.15) is 0 Å². The highest BCUT2D eigenvalue weighted by Gasteiger charge is 2.29. The van der Waals surface area contributed by atoms with Crippen LogP contribution in [0, 0.1) is 5.92 Å². The van der Waals surface area contributed by atoms with Crippen molar-refractivity contribution < 1.29 is 14.6 Å². The molecule has 0 unspecified atom stereocenters. The average molecular weight is 331 g/mol. The van der Waals surface area contributed by atoms with Gasteiger partial charge in [0, 0.05) is 14.1 Å². The van der Waals surface area contributed by atoms with Crippen LogP contribution in [0.15, 0.2) is 0 Å². The second-order valence-electron chi connectivity index (χ2n) is 7.72. The van der Waals surface area contributed by atoms with Crippen molar-refractivity contribution in [2.24, 2.45) is 11.7 Å². The van der Waals surface area contributed by atoms with Crippen molar-refractivity contribution in [1.82, 2.24) is 5.32 Å². The van der Waals surface area contributed by atoms with Gasteiger partial charge in [-0.15, -0.1) is 0 Å². The van der Waals surface area contributed by atoms with Gasteiger partial charge in [0.1, 0.15) is 0 Å². The molecule has 1 aliphatic rings. The number of aliphatic hydroxyl groups excluding tert-OH is 1. The third-order valence-corrected chi connectivity index (χ3v) is 6.25. The highest BCUT2D eigenvalue weighted by Crippen LogP contribution is 2.28. The molecule has 0 radical (unpaired) electrons. The van der Waals surface area contributed by atoms with Crippen LogP contribution in [0.5, 0.6) is 0 Å². The van der Waals surface area contributed by atoms with Crippen LogP contribution in [0.3, 0.4) is 0 Å². The Balaban J connectivity index is 2.49. The molecular weight excluding hydrogens is 296 g/mol. The molecule has 0 saturated heterocycles. The fourth-order valence-corrected chi connectivity index (χ4v) is 4.01. The molecule has 5 nitrogen and oxygen atoms in total. The number of rotatable bonds is 9. The Hall–Kier alpha value is -0.593. The molecule has 1 amide bonds. The maximum Gasteiger partial charge on any atom is 0.404 e. The lowest BCUT2D eigenvalue weighted by atomic mass is 9.82. The van der Waals surface area contributed by atoms with Crippen molar-refractivity contribution >= 4 is 14.2 Å². The molecule has 0 bridgehead atoms. The van der Waals surface area contributed by atoms with Crippen LogP contribution >= 0.6 is 0 Å². The maximum atomic E-state index is 10.7. The topological polar surface area (TPSA) is 84.6 Å².